The molecule has 1 aliphatic rings. The van der Waals surface area contributed by atoms with Crippen molar-refractivity contribution in [3.05, 3.63) is 53.6 Å². The highest BCUT2D eigenvalue weighted by atomic mass is 16.5. The smallest absolute Gasteiger partial charge is 0.127 e. The second kappa shape index (κ2) is 8.92. The maximum Gasteiger partial charge on any atom is 0.127 e. The van der Waals surface area contributed by atoms with E-state index in [1.54, 1.807) is 20.3 Å². The summed E-state index contributed by atoms with van der Waals surface area (Å²) >= 11 is 0. The minimum absolute atomic E-state index is 0.241. The first-order chi connectivity index (χ1) is 12.7. The van der Waals surface area contributed by atoms with Gasteiger partial charge in [-0.15, -0.1) is 0 Å². The highest BCUT2D eigenvalue weighted by Crippen LogP contribution is 2.28. The summed E-state index contributed by atoms with van der Waals surface area (Å²) in [7, 11) is 3.32. The van der Waals surface area contributed by atoms with Crippen molar-refractivity contribution in [3.63, 3.8) is 0 Å². The van der Waals surface area contributed by atoms with Crippen LogP contribution in [-0.4, -0.2) is 43.5 Å². The molecule has 1 heterocycles. The van der Waals surface area contributed by atoms with Crippen LogP contribution in [-0.2, 0) is 17.8 Å². The third kappa shape index (κ3) is 4.68. The Labute approximate surface area is 155 Å². The van der Waals surface area contributed by atoms with Crippen LogP contribution in [0.25, 0.3) is 0 Å². The number of phenols is 1. The molecule has 0 aliphatic carbocycles. The molecule has 0 aromatic heterocycles. The molecule has 1 N–H and O–H groups in total. The SMILES string of the molecule is COc1ccc(CN(Cc2ccccc2O)C[C@@H]2CCCO2)c(OC)c1. The van der Waals surface area contributed by atoms with E-state index in [-0.39, 0.29) is 6.10 Å². The van der Waals surface area contributed by atoms with Gasteiger partial charge in [-0.05, 0) is 25.0 Å². The fourth-order valence-corrected chi connectivity index (χ4v) is 3.37. The van der Waals surface area contributed by atoms with Gasteiger partial charge in [-0.2, -0.15) is 0 Å². The number of nitrogens with zero attached hydrogens (tertiary/aromatic N) is 1. The molecule has 5 heteroatoms. The Morgan fingerprint density at radius 2 is 1.88 bits per heavy atom. The molecule has 2 aromatic carbocycles. The molecule has 2 aromatic rings. The van der Waals surface area contributed by atoms with Crippen molar-refractivity contribution in [2.75, 3.05) is 27.4 Å². The molecule has 5 nitrogen and oxygen atoms in total. The van der Waals surface area contributed by atoms with E-state index in [1.165, 1.54) is 0 Å². The fraction of sp³-hybridized carbons (Fsp3) is 0.429. The molecule has 0 amide bonds. The van der Waals surface area contributed by atoms with E-state index in [9.17, 15) is 5.11 Å². The number of para-hydroxylation sites is 1. The number of methoxy groups -OCH3 is 2. The molecular formula is C21H27NO4. The lowest BCUT2D eigenvalue weighted by Crippen LogP contribution is -2.31. The van der Waals surface area contributed by atoms with Crippen molar-refractivity contribution in [3.8, 4) is 17.2 Å². The molecule has 0 unspecified atom stereocenters. The average molecular weight is 357 g/mol. The molecule has 1 atom stereocenters. The van der Waals surface area contributed by atoms with Crippen molar-refractivity contribution in [1.29, 1.82) is 0 Å². The number of rotatable bonds is 8. The summed E-state index contributed by atoms with van der Waals surface area (Å²) in [6.07, 6.45) is 2.43. The Morgan fingerprint density at radius 3 is 2.58 bits per heavy atom. The van der Waals surface area contributed by atoms with E-state index in [1.807, 2.05) is 36.4 Å². The van der Waals surface area contributed by atoms with E-state index >= 15 is 0 Å². The molecular weight excluding hydrogens is 330 g/mol. The van der Waals surface area contributed by atoms with E-state index in [0.29, 0.717) is 18.8 Å². The van der Waals surface area contributed by atoms with Crippen LogP contribution >= 0.6 is 0 Å². The summed E-state index contributed by atoms with van der Waals surface area (Å²) < 4.78 is 16.7. The van der Waals surface area contributed by atoms with Gasteiger partial charge in [0.2, 0.25) is 0 Å². The van der Waals surface area contributed by atoms with Crippen LogP contribution in [0.15, 0.2) is 42.5 Å². The van der Waals surface area contributed by atoms with Gasteiger partial charge in [-0.25, -0.2) is 0 Å². The predicted molar refractivity (Wildman–Crippen MR) is 101 cm³/mol. The maximum absolute atomic E-state index is 10.2. The number of phenolic OH excluding ortho intramolecular Hbond substituents is 1. The van der Waals surface area contributed by atoms with Gasteiger partial charge in [-0.3, -0.25) is 4.90 Å². The van der Waals surface area contributed by atoms with Crippen LogP contribution in [0.2, 0.25) is 0 Å². The normalized spacial score (nSPS) is 16.8. The number of hydrogen-bond acceptors (Lipinski definition) is 5. The monoisotopic (exact) mass is 357 g/mol. The van der Waals surface area contributed by atoms with Crippen molar-refractivity contribution >= 4 is 0 Å². The van der Waals surface area contributed by atoms with E-state index in [2.05, 4.69) is 4.90 Å². The van der Waals surface area contributed by atoms with Crippen LogP contribution in [0, 0.1) is 0 Å². The lowest BCUT2D eigenvalue weighted by atomic mass is 10.1. The van der Waals surface area contributed by atoms with Gasteiger partial charge in [0, 0.05) is 43.4 Å². The zero-order chi connectivity index (χ0) is 18.4. The van der Waals surface area contributed by atoms with Gasteiger partial charge in [-0.1, -0.05) is 24.3 Å². The van der Waals surface area contributed by atoms with Crippen molar-refractivity contribution in [2.24, 2.45) is 0 Å². The number of hydrogen-bond donors (Lipinski definition) is 1. The fourth-order valence-electron chi connectivity index (χ4n) is 3.37. The summed E-state index contributed by atoms with van der Waals surface area (Å²) in [6.45, 7) is 3.02. The first-order valence-corrected chi connectivity index (χ1v) is 9.01. The molecule has 140 valence electrons. The Morgan fingerprint density at radius 1 is 1.08 bits per heavy atom. The van der Waals surface area contributed by atoms with E-state index in [0.717, 1.165) is 48.6 Å². The van der Waals surface area contributed by atoms with Crippen LogP contribution in [0.1, 0.15) is 24.0 Å². The molecule has 26 heavy (non-hydrogen) atoms. The Hall–Kier alpha value is -2.24. The summed E-state index contributed by atoms with van der Waals surface area (Å²) in [5.74, 6) is 1.91. The molecule has 1 fully saturated rings. The third-order valence-electron chi connectivity index (χ3n) is 4.76. The number of benzene rings is 2. The van der Waals surface area contributed by atoms with Crippen LogP contribution in [0.3, 0.4) is 0 Å². The van der Waals surface area contributed by atoms with Crippen molar-refractivity contribution in [2.45, 2.75) is 32.0 Å². The maximum atomic E-state index is 10.2. The Bertz CT molecular complexity index is 713. The molecule has 0 radical (unpaired) electrons. The molecule has 3 rings (SSSR count). The van der Waals surface area contributed by atoms with Crippen LogP contribution in [0.4, 0.5) is 0 Å². The predicted octanol–water partition coefficient (Wildman–Crippen LogP) is 3.59. The lowest BCUT2D eigenvalue weighted by molar-refractivity contribution is 0.0673. The molecule has 1 aliphatic heterocycles. The van der Waals surface area contributed by atoms with Gasteiger partial charge in [0.25, 0.3) is 0 Å². The van der Waals surface area contributed by atoms with Crippen molar-refractivity contribution in [1.82, 2.24) is 4.90 Å². The molecule has 0 saturated carbocycles. The van der Waals surface area contributed by atoms with Gasteiger partial charge in [0.1, 0.15) is 17.2 Å². The standard InChI is InChI=1S/C21H27NO4/c1-24-18-10-9-17(21(12-18)25-2)14-22(15-19-7-5-11-26-19)13-16-6-3-4-8-20(16)23/h3-4,6,8-10,12,19,23H,5,7,11,13-15H2,1-2H3/t19-/m0/s1. The van der Waals surface area contributed by atoms with Crippen molar-refractivity contribution < 1.29 is 19.3 Å². The third-order valence-corrected chi connectivity index (χ3v) is 4.76. The van der Waals surface area contributed by atoms with Gasteiger partial charge in [0.15, 0.2) is 0 Å². The summed E-state index contributed by atoms with van der Waals surface area (Å²) in [4.78, 5) is 2.30. The largest absolute Gasteiger partial charge is 0.508 e. The number of ether oxygens (including phenoxy) is 3. The van der Waals surface area contributed by atoms with Crippen LogP contribution < -0.4 is 9.47 Å². The Balaban J connectivity index is 1.79. The number of aromatic hydroxyl groups is 1. The minimum atomic E-state index is 0.241. The summed E-state index contributed by atoms with van der Waals surface area (Å²) in [5.41, 5.74) is 2.00. The highest BCUT2D eigenvalue weighted by molar-refractivity contribution is 5.41. The minimum Gasteiger partial charge on any atom is -0.508 e. The van der Waals surface area contributed by atoms with Gasteiger partial charge in [0.05, 0.1) is 20.3 Å². The Kier molecular flexibility index (Phi) is 6.36. The molecule has 0 bridgehead atoms. The summed E-state index contributed by atoms with van der Waals surface area (Å²) in [5, 5.41) is 10.2. The first-order valence-electron chi connectivity index (χ1n) is 9.01. The van der Waals surface area contributed by atoms with Crippen LogP contribution in [0.5, 0.6) is 17.2 Å². The second-order valence-corrected chi connectivity index (χ2v) is 6.61. The van der Waals surface area contributed by atoms with E-state index in [4.69, 9.17) is 14.2 Å². The second-order valence-electron chi connectivity index (χ2n) is 6.61. The highest BCUT2D eigenvalue weighted by Gasteiger charge is 2.21. The lowest BCUT2D eigenvalue weighted by Gasteiger charge is -2.26. The van der Waals surface area contributed by atoms with E-state index < -0.39 is 0 Å². The molecule has 1 saturated heterocycles. The topological polar surface area (TPSA) is 51.2 Å². The average Bonchev–Trinajstić information content (AvgIpc) is 3.17. The first kappa shape index (κ1) is 18.5. The molecule has 0 spiro atoms. The zero-order valence-electron chi connectivity index (χ0n) is 15.5. The zero-order valence-corrected chi connectivity index (χ0v) is 15.5. The quantitative estimate of drug-likeness (QED) is 0.782. The van der Waals surface area contributed by atoms with Gasteiger partial charge < -0.3 is 19.3 Å². The van der Waals surface area contributed by atoms with Gasteiger partial charge >= 0.3 is 0 Å². The summed E-state index contributed by atoms with van der Waals surface area (Å²) in [6, 6.07) is 13.4.